The van der Waals surface area contributed by atoms with Gasteiger partial charge < -0.3 is 10.1 Å². The minimum Gasteiger partial charge on any atom is -0.497 e. The van der Waals surface area contributed by atoms with Crippen molar-refractivity contribution in [1.82, 2.24) is 0 Å². The van der Waals surface area contributed by atoms with Crippen molar-refractivity contribution in [2.45, 2.75) is 17.1 Å². The molecule has 0 saturated heterocycles. The van der Waals surface area contributed by atoms with Crippen LogP contribution in [0, 0.1) is 10.1 Å². The fourth-order valence-electron chi connectivity index (χ4n) is 1.82. The van der Waals surface area contributed by atoms with E-state index < -0.39 is 4.92 Å². The molecule has 23 heavy (non-hydrogen) atoms. The highest BCUT2D eigenvalue weighted by atomic mass is 32.2. The monoisotopic (exact) mass is 332 g/mol. The van der Waals surface area contributed by atoms with E-state index in [2.05, 4.69) is 5.32 Å². The van der Waals surface area contributed by atoms with Gasteiger partial charge in [-0.15, -0.1) is 11.8 Å². The molecule has 0 aliphatic carbocycles. The second-order valence-corrected chi connectivity index (χ2v) is 6.14. The number of amides is 1. The van der Waals surface area contributed by atoms with Gasteiger partial charge in [-0.25, -0.2) is 0 Å². The lowest BCUT2D eigenvalue weighted by Gasteiger charge is -2.12. The number of nitro benzene ring substituents is 1. The van der Waals surface area contributed by atoms with Gasteiger partial charge in [0, 0.05) is 22.7 Å². The standard InChI is InChI=1S/C16H16N2O4S/c1-11(23-15-9-5-13(6-10-15)18(20)21)16(19)17-12-3-7-14(22-2)8-4-12/h3-11H,1-2H3,(H,17,19)/t11-/m0/s1. The first kappa shape index (κ1) is 16.8. The van der Waals surface area contributed by atoms with Crippen LogP contribution in [-0.4, -0.2) is 23.2 Å². The number of carbonyl (C=O) groups excluding carboxylic acids is 1. The number of anilines is 1. The minimum atomic E-state index is -0.450. The summed E-state index contributed by atoms with van der Waals surface area (Å²) in [4.78, 5) is 23.1. The number of hydrogen-bond acceptors (Lipinski definition) is 5. The lowest BCUT2D eigenvalue weighted by atomic mass is 10.3. The maximum atomic E-state index is 12.2. The van der Waals surface area contributed by atoms with Gasteiger partial charge >= 0.3 is 0 Å². The lowest BCUT2D eigenvalue weighted by Crippen LogP contribution is -2.22. The number of hydrogen-bond donors (Lipinski definition) is 1. The van der Waals surface area contributed by atoms with E-state index in [-0.39, 0.29) is 16.8 Å². The Balaban J connectivity index is 1.94. The van der Waals surface area contributed by atoms with Gasteiger partial charge in [0.2, 0.25) is 5.91 Å². The van der Waals surface area contributed by atoms with Gasteiger partial charge in [0.25, 0.3) is 5.69 Å². The van der Waals surface area contributed by atoms with Crippen molar-refractivity contribution in [3.8, 4) is 5.75 Å². The highest BCUT2D eigenvalue weighted by Crippen LogP contribution is 2.26. The first-order valence-electron chi connectivity index (χ1n) is 6.85. The predicted molar refractivity (Wildman–Crippen MR) is 90.0 cm³/mol. The average molecular weight is 332 g/mol. The number of nitrogens with one attached hydrogen (secondary N) is 1. The van der Waals surface area contributed by atoms with Gasteiger partial charge in [-0.3, -0.25) is 14.9 Å². The molecule has 0 aliphatic heterocycles. The zero-order valence-electron chi connectivity index (χ0n) is 12.7. The Kier molecular flexibility index (Phi) is 5.59. The molecule has 0 radical (unpaired) electrons. The molecular formula is C16H16N2O4S. The van der Waals surface area contributed by atoms with E-state index >= 15 is 0 Å². The highest BCUT2D eigenvalue weighted by molar-refractivity contribution is 8.00. The van der Waals surface area contributed by atoms with E-state index in [1.54, 1.807) is 50.4 Å². The van der Waals surface area contributed by atoms with Gasteiger partial charge in [0.15, 0.2) is 0 Å². The van der Waals surface area contributed by atoms with Crippen LogP contribution >= 0.6 is 11.8 Å². The van der Waals surface area contributed by atoms with Crippen LogP contribution in [0.4, 0.5) is 11.4 Å². The third kappa shape index (κ3) is 4.72. The first-order chi connectivity index (χ1) is 11.0. The number of carbonyl (C=O) groups is 1. The molecule has 2 rings (SSSR count). The number of thioether (sulfide) groups is 1. The Morgan fingerprint density at radius 3 is 2.30 bits per heavy atom. The maximum Gasteiger partial charge on any atom is 0.269 e. The summed E-state index contributed by atoms with van der Waals surface area (Å²) in [6.45, 7) is 1.78. The van der Waals surface area contributed by atoms with E-state index in [0.717, 1.165) is 10.6 Å². The van der Waals surface area contributed by atoms with Crippen molar-refractivity contribution >= 4 is 29.0 Å². The van der Waals surface area contributed by atoms with Crippen molar-refractivity contribution < 1.29 is 14.5 Å². The molecule has 1 amide bonds. The second kappa shape index (κ2) is 7.64. The number of rotatable bonds is 6. The van der Waals surface area contributed by atoms with Crippen LogP contribution in [0.3, 0.4) is 0 Å². The summed E-state index contributed by atoms with van der Waals surface area (Å²) in [5.41, 5.74) is 0.719. The fraction of sp³-hybridized carbons (Fsp3) is 0.188. The average Bonchev–Trinajstić information content (AvgIpc) is 2.56. The van der Waals surface area contributed by atoms with Crippen molar-refractivity contribution in [3.05, 3.63) is 58.6 Å². The SMILES string of the molecule is COc1ccc(NC(=O)[C@H](C)Sc2ccc([N+](=O)[O-])cc2)cc1. The molecule has 0 heterocycles. The van der Waals surface area contributed by atoms with Crippen LogP contribution in [0.5, 0.6) is 5.75 Å². The van der Waals surface area contributed by atoms with Gasteiger partial charge in [0.05, 0.1) is 17.3 Å². The molecule has 0 unspecified atom stereocenters. The zero-order chi connectivity index (χ0) is 16.8. The molecule has 6 nitrogen and oxygen atoms in total. The Labute approximate surface area is 138 Å². The molecule has 1 N–H and O–H groups in total. The first-order valence-corrected chi connectivity index (χ1v) is 7.73. The van der Waals surface area contributed by atoms with Crippen molar-refractivity contribution in [2.75, 3.05) is 12.4 Å². The van der Waals surface area contributed by atoms with E-state index in [4.69, 9.17) is 4.74 Å². The van der Waals surface area contributed by atoms with E-state index in [1.807, 2.05) is 0 Å². The van der Waals surface area contributed by atoms with Crippen molar-refractivity contribution in [2.24, 2.45) is 0 Å². The fourth-order valence-corrected chi connectivity index (χ4v) is 2.69. The van der Waals surface area contributed by atoms with Gasteiger partial charge in [-0.2, -0.15) is 0 Å². The van der Waals surface area contributed by atoms with Crippen LogP contribution < -0.4 is 10.1 Å². The Morgan fingerprint density at radius 2 is 1.78 bits per heavy atom. The number of non-ortho nitro benzene ring substituents is 1. The van der Waals surface area contributed by atoms with E-state index in [9.17, 15) is 14.9 Å². The topological polar surface area (TPSA) is 81.5 Å². The van der Waals surface area contributed by atoms with Crippen LogP contribution in [0.2, 0.25) is 0 Å². The molecule has 0 saturated carbocycles. The molecular weight excluding hydrogens is 316 g/mol. The number of ether oxygens (including phenoxy) is 1. The third-order valence-corrected chi connectivity index (χ3v) is 4.20. The molecule has 1 atom stereocenters. The zero-order valence-corrected chi connectivity index (χ0v) is 13.5. The predicted octanol–water partition coefficient (Wildman–Crippen LogP) is 3.72. The van der Waals surface area contributed by atoms with E-state index in [0.29, 0.717) is 5.69 Å². The van der Waals surface area contributed by atoms with Crippen LogP contribution in [-0.2, 0) is 4.79 Å². The highest BCUT2D eigenvalue weighted by Gasteiger charge is 2.15. The second-order valence-electron chi connectivity index (χ2n) is 4.73. The summed E-state index contributed by atoms with van der Waals surface area (Å²) >= 11 is 1.34. The van der Waals surface area contributed by atoms with Gasteiger partial charge in [0.1, 0.15) is 5.75 Å². The van der Waals surface area contributed by atoms with Crippen molar-refractivity contribution in [3.63, 3.8) is 0 Å². The Bertz CT molecular complexity index is 686. The summed E-state index contributed by atoms with van der Waals surface area (Å²) in [6.07, 6.45) is 0. The minimum absolute atomic E-state index is 0.0321. The lowest BCUT2D eigenvalue weighted by molar-refractivity contribution is -0.384. The maximum absolute atomic E-state index is 12.2. The smallest absolute Gasteiger partial charge is 0.269 e. The van der Waals surface area contributed by atoms with E-state index in [1.165, 1.54) is 23.9 Å². The van der Waals surface area contributed by atoms with Crippen LogP contribution in [0.1, 0.15) is 6.92 Å². The molecule has 2 aromatic rings. The van der Waals surface area contributed by atoms with Gasteiger partial charge in [-0.05, 0) is 43.3 Å². The molecule has 0 aromatic heterocycles. The summed E-state index contributed by atoms with van der Waals surface area (Å²) < 4.78 is 5.06. The Morgan fingerprint density at radius 1 is 1.17 bits per heavy atom. The van der Waals surface area contributed by atoms with Crippen molar-refractivity contribution in [1.29, 1.82) is 0 Å². The molecule has 0 fully saturated rings. The third-order valence-electron chi connectivity index (χ3n) is 3.09. The number of nitrogens with zero attached hydrogens (tertiary/aromatic N) is 1. The molecule has 0 aliphatic rings. The number of benzene rings is 2. The summed E-state index contributed by atoms with van der Waals surface area (Å²) in [7, 11) is 1.58. The Hall–Kier alpha value is -2.54. The number of methoxy groups -OCH3 is 1. The quantitative estimate of drug-likeness (QED) is 0.495. The van der Waals surface area contributed by atoms with Crippen LogP contribution in [0.25, 0.3) is 0 Å². The number of nitro groups is 1. The summed E-state index contributed by atoms with van der Waals surface area (Å²) in [6, 6.07) is 13.2. The molecule has 120 valence electrons. The van der Waals surface area contributed by atoms with Gasteiger partial charge in [-0.1, -0.05) is 0 Å². The molecule has 0 bridgehead atoms. The summed E-state index contributed by atoms with van der Waals surface area (Å²) in [5.74, 6) is 0.579. The normalized spacial score (nSPS) is 11.6. The largest absolute Gasteiger partial charge is 0.497 e. The molecule has 0 spiro atoms. The molecule has 7 heteroatoms. The molecule has 2 aromatic carbocycles. The van der Waals surface area contributed by atoms with Crippen LogP contribution in [0.15, 0.2) is 53.4 Å². The summed E-state index contributed by atoms with van der Waals surface area (Å²) in [5, 5.41) is 13.1.